The molecule has 0 aliphatic rings. The minimum Gasteiger partial charge on any atom is -0.497 e. The monoisotopic (exact) mass is 479 g/mol. The first-order valence-corrected chi connectivity index (χ1v) is 11.5. The van der Waals surface area contributed by atoms with Crippen LogP contribution in [0.2, 0.25) is 0 Å². The van der Waals surface area contributed by atoms with E-state index in [-0.39, 0.29) is 23.8 Å². The molecule has 0 unspecified atom stereocenters. The fraction of sp³-hybridized carbons (Fsp3) is 0.143. The average Bonchev–Trinajstić information content (AvgIpc) is 3.16. The molecule has 36 heavy (non-hydrogen) atoms. The number of hydrogen-bond acceptors (Lipinski definition) is 5. The lowest BCUT2D eigenvalue weighted by Crippen LogP contribution is -2.24. The zero-order chi connectivity index (χ0) is 25.4. The standard InChI is InChI=1S/C28H25N5O3/c1-17-9-12-21(15-18(17)2)33-27-24(32(28(33)35)16-19-7-5-4-6-8-19)23(25(29)34)30-26(31-27)20-10-13-22(36-3)14-11-20/h4-15H,16H2,1-3H3,(H2,29,34). The van der Waals surface area contributed by atoms with E-state index in [0.29, 0.717) is 28.2 Å². The van der Waals surface area contributed by atoms with E-state index in [0.717, 1.165) is 16.7 Å². The Morgan fingerprint density at radius 2 is 1.67 bits per heavy atom. The zero-order valence-electron chi connectivity index (χ0n) is 20.2. The Labute approximate surface area is 207 Å². The van der Waals surface area contributed by atoms with Gasteiger partial charge in [0.1, 0.15) is 11.3 Å². The van der Waals surface area contributed by atoms with Gasteiger partial charge in [-0.3, -0.25) is 9.36 Å². The van der Waals surface area contributed by atoms with E-state index < -0.39 is 5.91 Å². The molecule has 0 atom stereocenters. The van der Waals surface area contributed by atoms with Crippen molar-refractivity contribution in [1.29, 1.82) is 0 Å². The molecular formula is C28H25N5O3. The van der Waals surface area contributed by atoms with Crippen LogP contribution in [0.1, 0.15) is 27.2 Å². The normalized spacial score (nSPS) is 11.1. The average molecular weight is 480 g/mol. The summed E-state index contributed by atoms with van der Waals surface area (Å²) in [4.78, 5) is 35.8. The summed E-state index contributed by atoms with van der Waals surface area (Å²) >= 11 is 0. The van der Waals surface area contributed by atoms with Crippen molar-refractivity contribution in [3.05, 3.63) is 106 Å². The summed E-state index contributed by atoms with van der Waals surface area (Å²) in [5, 5.41) is 0. The summed E-state index contributed by atoms with van der Waals surface area (Å²) in [5.41, 5.74) is 10.4. The molecule has 8 nitrogen and oxygen atoms in total. The first-order chi connectivity index (χ1) is 17.4. The Morgan fingerprint density at radius 3 is 2.31 bits per heavy atom. The summed E-state index contributed by atoms with van der Waals surface area (Å²) in [5.74, 6) is 0.223. The van der Waals surface area contributed by atoms with E-state index in [2.05, 4.69) is 4.98 Å². The van der Waals surface area contributed by atoms with Gasteiger partial charge in [-0.25, -0.2) is 19.3 Å². The van der Waals surface area contributed by atoms with Gasteiger partial charge in [0.05, 0.1) is 19.3 Å². The molecule has 0 radical (unpaired) electrons. The summed E-state index contributed by atoms with van der Waals surface area (Å²) in [6.45, 7) is 4.23. The van der Waals surface area contributed by atoms with E-state index in [1.807, 2.05) is 62.4 Å². The highest BCUT2D eigenvalue weighted by atomic mass is 16.5. The molecule has 1 amide bonds. The lowest BCUT2D eigenvalue weighted by atomic mass is 10.1. The second kappa shape index (κ2) is 9.14. The molecule has 0 fully saturated rings. The van der Waals surface area contributed by atoms with Gasteiger partial charge in [0.15, 0.2) is 17.2 Å². The van der Waals surface area contributed by atoms with Crippen molar-refractivity contribution < 1.29 is 9.53 Å². The number of benzene rings is 3. The predicted octanol–water partition coefficient (Wildman–Crippen LogP) is 4.02. The van der Waals surface area contributed by atoms with Crippen molar-refractivity contribution in [2.45, 2.75) is 20.4 Å². The SMILES string of the molecule is COc1ccc(-c2nc(C(N)=O)c3c(n2)n(-c2ccc(C)c(C)c2)c(=O)n3Cc2ccccc2)cc1. The van der Waals surface area contributed by atoms with Gasteiger partial charge in [-0.2, -0.15) is 0 Å². The largest absolute Gasteiger partial charge is 0.497 e. The molecule has 2 heterocycles. The number of nitrogens with zero attached hydrogens (tertiary/aromatic N) is 4. The van der Waals surface area contributed by atoms with E-state index in [1.54, 1.807) is 31.4 Å². The number of imidazole rings is 1. The summed E-state index contributed by atoms with van der Waals surface area (Å²) in [6, 6.07) is 22.5. The van der Waals surface area contributed by atoms with Crippen LogP contribution in [-0.4, -0.2) is 32.1 Å². The number of amides is 1. The predicted molar refractivity (Wildman–Crippen MR) is 139 cm³/mol. The number of rotatable bonds is 6. The maximum atomic E-state index is 13.9. The molecule has 0 bridgehead atoms. The first-order valence-electron chi connectivity index (χ1n) is 11.5. The van der Waals surface area contributed by atoms with Gasteiger partial charge in [0, 0.05) is 5.56 Å². The molecule has 8 heteroatoms. The molecule has 0 aliphatic heterocycles. The second-order valence-corrected chi connectivity index (χ2v) is 8.62. The topological polar surface area (TPSA) is 105 Å². The van der Waals surface area contributed by atoms with Gasteiger partial charge >= 0.3 is 5.69 Å². The summed E-state index contributed by atoms with van der Waals surface area (Å²) in [7, 11) is 1.58. The van der Waals surface area contributed by atoms with Crippen LogP contribution in [-0.2, 0) is 6.54 Å². The quantitative estimate of drug-likeness (QED) is 0.396. The Morgan fingerprint density at radius 1 is 0.944 bits per heavy atom. The summed E-state index contributed by atoms with van der Waals surface area (Å²) < 4.78 is 8.28. The minimum absolute atomic E-state index is 0.0126. The van der Waals surface area contributed by atoms with Crippen molar-refractivity contribution in [1.82, 2.24) is 19.1 Å². The molecule has 5 rings (SSSR count). The van der Waals surface area contributed by atoms with Crippen LogP contribution in [0.15, 0.2) is 77.6 Å². The molecule has 180 valence electrons. The Bertz CT molecular complexity index is 1650. The van der Waals surface area contributed by atoms with Gasteiger partial charge < -0.3 is 10.5 Å². The fourth-order valence-corrected chi connectivity index (χ4v) is 4.21. The van der Waals surface area contributed by atoms with Crippen LogP contribution in [0.25, 0.3) is 28.2 Å². The highest BCUT2D eigenvalue weighted by Gasteiger charge is 2.24. The molecule has 0 saturated carbocycles. The third-order valence-electron chi connectivity index (χ3n) is 6.28. The maximum absolute atomic E-state index is 13.9. The number of nitrogens with two attached hydrogens (primary N) is 1. The van der Waals surface area contributed by atoms with Crippen LogP contribution in [0, 0.1) is 13.8 Å². The van der Waals surface area contributed by atoms with E-state index in [4.69, 9.17) is 15.5 Å². The van der Waals surface area contributed by atoms with Crippen molar-refractivity contribution in [2.75, 3.05) is 7.11 Å². The zero-order valence-corrected chi connectivity index (χ0v) is 20.2. The van der Waals surface area contributed by atoms with Crippen LogP contribution < -0.4 is 16.2 Å². The van der Waals surface area contributed by atoms with Gasteiger partial charge in [-0.05, 0) is 66.9 Å². The molecular weight excluding hydrogens is 454 g/mol. The minimum atomic E-state index is -0.740. The Hall–Kier alpha value is -4.72. The third kappa shape index (κ3) is 4.02. The molecule has 2 N–H and O–H groups in total. The van der Waals surface area contributed by atoms with E-state index >= 15 is 0 Å². The highest BCUT2D eigenvalue weighted by molar-refractivity contribution is 6.02. The first kappa shape index (κ1) is 23.0. The number of carbonyl (C=O) groups excluding carboxylic acids is 1. The highest BCUT2D eigenvalue weighted by Crippen LogP contribution is 2.26. The number of carbonyl (C=O) groups is 1. The molecule has 2 aromatic heterocycles. The number of aromatic nitrogens is 4. The molecule has 0 aliphatic carbocycles. The third-order valence-corrected chi connectivity index (χ3v) is 6.28. The van der Waals surface area contributed by atoms with Crippen LogP contribution in [0.5, 0.6) is 5.75 Å². The Balaban J connectivity index is 1.84. The number of hydrogen-bond donors (Lipinski definition) is 1. The van der Waals surface area contributed by atoms with Crippen molar-refractivity contribution >= 4 is 17.1 Å². The lowest BCUT2D eigenvalue weighted by Gasteiger charge is -2.09. The number of aryl methyl sites for hydroxylation is 2. The summed E-state index contributed by atoms with van der Waals surface area (Å²) in [6.07, 6.45) is 0. The van der Waals surface area contributed by atoms with E-state index in [9.17, 15) is 9.59 Å². The van der Waals surface area contributed by atoms with Gasteiger partial charge in [-0.1, -0.05) is 36.4 Å². The molecule has 0 saturated heterocycles. The van der Waals surface area contributed by atoms with Gasteiger partial charge in [-0.15, -0.1) is 0 Å². The van der Waals surface area contributed by atoms with Crippen LogP contribution in [0.4, 0.5) is 0 Å². The van der Waals surface area contributed by atoms with Crippen molar-refractivity contribution in [3.63, 3.8) is 0 Å². The van der Waals surface area contributed by atoms with Gasteiger partial charge in [0.25, 0.3) is 5.91 Å². The lowest BCUT2D eigenvalue weighted by molar-refractivity contribution is 0.0997. The number of methoxy groups -OCH3 is 1. The maximum Gasteiger partial charge on any atom is 0.335 e. The molecule has 5 aromatic rings. The molecule has 3 aromatic carbocycles. The fourth-order valence-electron chi connectivity index (χ4n) is 4.21. The number of ether oxygens (including phenoxy) is 1. The van der Waals surface area contributed by atoms with E-state index in [1.165, 1.54) is 9.13 Å². The second-order valence-electron chi connectivity index (χ2n) is 8.62. The smallest absolute Gasteiger partial charge is 0.335 e. The molecule has 0 spiro atoms. The Kier molecular flexibility index (Phi) is 5.85. The van der Waals surface area contributed by atoms with Crippen LogP contribution >= 0.6 is 0 Å². The number of fused-ring (bicyclic) bond motifs is 1. The van der Waals surface area contributed by atoms with Crippen LogP contribution in [0.3, 0.4) is 0 Å². The number of primary amides is 1. The van der Waals surface area contributed by atoms with Gasteiger partial charge in [0.2, 0.25) is 0 Å². The van der Waals surface area contributed by atoms with Crippen molar-refractivity contribution in [2.24, 2.45) is 5.73 Å². The van der Waals surface area contributed by atoms with Crippen molar-refractivity contribution in [3.8, 4) is 22.8 Å².